The first-order chi connectivity index (χ1) is 13.3. The molecule has 0 amide bonds. The van der Waals surface area contributed by atoms with E-state index in [4.69, 9.17) is 9.84 Å². The monoisotopic (exact) mass is 390 g/mol. The quantitative estimate of drug-likeness (QED) is 0.577. The van der Waals surface area contributed by atoms with Crippen LogP contribution in [0.15, 0.2) is 41.0 Å². The Morgan fingerprint density at radius 3 is 2.68 bits per heavy atom. The second-order valence-electron chi connectivity index (χ2n) is 7.80. The van der Waals surface area contributed by atoms with Crippen LogP contribution in [-0.4, -0.2) is 17.7 Å². The summed E-state index contributed by atoms with van der Waals surface area (Å²) in [4.78, 5) is 10.8. The van der Waals surface area contributed by atoms with E-state index in [1.165, 1.54) is 35.6 Å². The predicted molar refractivity (Wildman–Crippen MR) is 105 cm³/mol. The highest BCUT2D eigenvalue weighted by molar-refractivity contribution is 5.67. The molecule has 0 atom stereocenters. The van der Waals surface area contributed by atoms with Gasteiger partial charge >= 0.3 is 5.97 Å². The Labute approximate surface area is 165 Å². The summed E-state index contributed by atoms with van der Waals surface area (Å²) in [5.41, 5.74) is 4.36. The van der Waals surface area contributed by atoms with Crippen LogP contribution in [0.5, 0.6) is 5.75 Å². The van der Waals surface area contributed by atoms with Gasteiger partial charge in [-0.05, 0) is 85.8 Å². The highest BCUT2D eigenvalue weighted by Crippen LogP contribution is 2.37. The second-order valence-corrected chi connectivity index (χ2v) is 7.80. The molecule has 0 spiro atoms. The molecule has 0 radical (unpaired) electrons. The molecule has 0 saturated carbocycles. The van der Waals surface area contributed by atoms with Gasteiger partial charge in [-0.25, -0.2) is 8.78 Å². The molecule has 1 N–H and O–H groups in total. The van der Waals surface area contributed by atoms with Crippen LogP contribution in [0.25, 0.3) is 0 Å². The van der Waals surface area contributed by atoms with E-state index in [0.717, 1.165) is 39.0 Å². The zero-order valence-electron chi connectivity index (χ0n) is 16.4. The Morgan fingerprint density at radius 1 is 1.18 bits per heavy atom. The van der Waals surface area contributed by atoms with E-state index in [0.29, 0.717) is 17.9 Å². The highest BCUT2D eigenvalue weighted by Gasteiger charge is 2.28. The van der Waals surface area contributed by atoms with Gasteiger partial charge in [0.05, 0.1) is 0 Å². The second kappa shape index (κ2) is 8.89. The maximum atomic E-state index is 14.0. The summed E-state index contributed by atoms with van der Waals surface area (Å²) in [5, 5.41) is 8.84. The summed E-state index contributed by atoms with van der Waals surface area (Å²) in [5.74, 6) is -3.63. The summed E-state index contributed by atoms with van der Waals surface area (Å²) in [6.45, 7) is 1.26. The van der Waals surface area contributed by atoms with Gasteiger partial charge in [-0.2, -0.15) is 0 Å². The maximum Gasteiger partial charge on any atom is 0.303 e. The molecule has 2 aliphatic carbocycles. The van der Waals surface area contributed by atoms with Crippen LogP contribution in [0.2, 0.25) is 0 Å². The Morgan fingerprint density at radius 2 is 2.00 bits per heavy atom. The fraction of sp³-hybridized carbons (Fsp3) is 0.522. The number of aryl methyl sites for hydroxylation is 1. The SMILES string of the molecule is CC(F)(F)c1cc(OCC2=C(C3=CCCCC3)CCC2)ccc1CCC(=O)O. The molecule has 2 aliphatic rings. The molecule has 0 heterocycles. The lowest BCUT2D eigenvalue weighted by Gasteiger charge is -2.19. The number of carboxylic acid groups (broad SMARTS) is 1. The van der Waals surface area contributed by atoms with Gasteiger partial charge in [0.15, 0.2) is 0 Å². The van der Waals surface area contributed by atoms with Gasteiger partial charge in [0.1, 0.15) is 12.4 Å². The van der Waals surface area contributed by atoms with Crippen molar-refractivity contribution in [2.45, 2.75) is 70.6 Å². The van der Waals surface area contributed by atoms with Crippen LogP contribution in [0.3, 0.4) is 0 Å². The number of benzene rings is 1. The highest BCUT2D eigenvalue weighted by atomic mass is 19.3. The molecule has 0 fully saturated rings. The zero-order chi connectivity index (χ0) is 20.1. The smallest absolute Gasteiger partial charge is 0.303 e. The molecule has 3 rings (SSSR count). The minimum Gasteiger partial charge on any atom is -0.489 e. The molecule has 28 heavy (non-hydrogen) atoms. The Kier molecular flexibility index (Phi) is 6.53. The van der Waals surface area contributed by atoms with Gasteiger partial charge in [0.25, 0.3) is 5.92 Å². The van der Waals surface area contributed by atoms with Crippen molar-refractivity contribution in [1.29, 1.82) is 0 Å². The first-order valence-corrected chi connectivity index (χ1v) is 10.1. The number of rotatable bonds is 8. The van der Waals surface area contributed by atoms with E-state index < -0.39 is 11.9 Å². The van der Waals surface area contributed by atoms with Crippen LogP contribution < -0.4 is 4.74 Å². The molecule has 0 aromatic heterocycles. The summed E-state index contributed by atoms with van der Waals surface area (Å²) < 4.78 is 34.0. The lowest BCUT2D eigenvalue weighted by atomic mass is 9.91. The zero-order valence-corrected chi connectivity index (χ0v) is 16.4. The van der Waals surface area contributed by atoms with Gasteiger partial charge in [-0.15, -0.1) is 0 Å². The van der Waals surface area contributed by atoms with E-state index in [9.17, 15) is 13.6 Å². The van der Waals surface area contributed by atoms with Crippen LogP contribution in [0.4, 0.5) is 8.78 Å². The van der Waals surface area contributed by atoms with Crippen molar-refractivity contribution in [2.75, 3.05) is 6.61 Å². The summed E-state index contributed by atoms with van der Waals surface area (Å²) in [6, 6.07) is 4.60. The number of halogens is 2. The third kappa shape index (κ3) is 5.21. The topological polar surface area (TPSA) is 46.5 Å². The van der Waals surface area contributed by atoms with Gasteiger partial charge in [-0.3, -0.25) is 4.79 Å². The van der Waals surface area contributed by atoms with E-state index in [-0.39, 0.29) is 18.4 Å². The molecule has 1 aromatic rings. The molecule has 0 bridgehead atoms. The predicted octanol–water partition coefficient (Wildman–Crippen LogP) is 6.18. The van der Waals surface area contributed by atoms with Crippen molar-refractivity contribution in [3.8, 4) is 5.75 Å². The van der Waals surface area contributed by atoms with Crippen molar-refractivity contribution in [3.63, 3.8) is 0 Å². The average Bonchev–Trinajstić information content (AvgIpc) is 3.13. The molecule has 152 valence electrons. The van der Waals surface area contributed by atoms with Gasteiger partial charge in [0.2, 0.25) is 0 Å². The Hall–Kier alpha value is -2.17. The number of hydrogen-bond acceptors (Lipinski definition) is 2. The number of carbonyl (C=O) groups is 1. The van der Waals surface area contributed by atoms with Crippen molar-refractivity contribution in [1.82, 2.24) is 0 Å². The fourth-order valence-corrected chi connectivity index (χ4v) is 4.15. The molecule has 5 heteroatoms. The van der Waals surface area contributed by atoms with Gasteiger partial charge in [0, 0.05) is 18.9 Å². The summed E-state index contributed by atoms with van der Waals surface area (Å²) >= 11 is 0. The van der Waals surface area contributed by atoms with Crippen LogP contribution >= 0.6 is 0 Å². The molecule has 0 unspecified atom stereocenters. The van der Waals surface area contributed by atoms with Crippen molar-refractivity contribution >= 4 is 5.97 Å². The minimum atomic E-state index is -3.04. The maximum absolute atomic E-state index is 14.0. The molecule has 3 nitrogen and oxygen atoms in total. The molecule has 1 aromatic carbocycles. The number of aliphatic carboxylic acids is 1. The first-order valence-electron chi connectivity index (χ1n) is 10.1. The lowest BCUT2D eigenvalue weighted by Crippen LogP contribution is -2.13. The first kappa shape index (κ1) is 20.6. The van der Waals surface area contributed by atoms with E-state index in [2.05, 4.69) is 6.08 Å². The Balaban J connectivity index is 1.75. The van der Waals surface area contributed by atoms with Crippen LogP contribution in [0, 0.1) is 0 Å². The molecule has 0 aliphatic heterocycles. The number of carboxylic acids is 1. The van der Waals surface area contributed by atoms with Crippen LogP contribution in [-0.2, 0) is 17.1 Å². The summed E-state index contributed by atoms with van der Waals surface area (Å²) in [7, 11) is 0. The number of alkyl halides is 2. The minimum absolute atomic E-state index is 0.0812. The standard InChI is InChI=1S/C23H28F2O3/c1-23(24,25)21-14-19(12-10-17(21)11-13-22(26)27)28-15-18-8-5-9-20(18)16-6-3-2-4-7-16/h6,10,12,14H,2-5,7-9,11,13,15H2,1H3,(H,26,27). The summed E-state index contributed by atoms with van der Waals surface area (Å²) in [6.07, 6.45) is 10.2. The van der Waals surface area contributed by atoms with Crippen molar-refractivity contribution in [2.24, 2.45) is 0 Å². The molecular formula is C23H28F2O3. The van der Waals surface area contributed by atoms with Gasteiger partial charge < -0.3 is 9.84 Å². The normalized spacial score (nSPS) is 17.6. The Bertz CT molecular complexity index is 788. The molecular weight excluding hydrogens is 362 g/mol. The van der Waals surface area contributed by atoms with Crippen molar-refractivity contribution in [3.05, 3.63) is 52.1 Å². The average molecular weight is 390 g/mol. The van der Waals surface area contributed by atoms with E-state index in [1.807, 2.05) is 0 Å². The lowest BCUT2D eigenvalue weighted by molar-refractivity contribution is -0.137. The van der Waals surface area contributed by atoms with Crippen molar-refractivity contribution < 1.29 is 23.4 Å². The number of hydrogen-bond donors (Lipinski definition) is 1. The largest absolute Gasteiger partial charge is 0.489 e. The number of allylic oxidation sites excluding steroid dienone is 3. The third-order valence-electron chi connectivity index (χ3n) is 5.59. The van der Waals surface area contributed by atoms with Gasteiger partial charge in [-0.1, -0.05) is 12.1 Å². The van der Waals surface area contributed by atoms with E-state index >= 15 is 0 Å². The van der Waals surface area contributed by atoms with E-state index in [1.54, 1.807) is 12.1 Å². The molecule has 0 saturated heterocycles. The van der Waals surface area contributed by atoms with Crippen LogP contribution in [0.1, 0.15) is 69.4 Å². The fourth-order valence-electron chi connectivity index (χ4n) is 4.15. The third-order valence-corrected chi connectivity index (χ3v) is 5.59. The number of ether oxygens (including phenoxy) is 1.